The highest BCUT2D eigenvalue weighted by Gasteiger charge is 2.19. The second kappa shape index (κ2) is 6.29. The fourth-order valence-electron chi connectivity index (χ4n) is 1.85. The lowest BCUT2D eigenvalue weighted by Gasteiger charge is -2.10. The maximum Gasteiger partial charge on any atom is 0.313 e. The summed E-state index contributed by atoms with van der Waals surface area (Å²) >= 11 is 0. The summed E-state index contributed by atoms with van der Waals surface area (Å²) in [5.74, 6) is -2.04. The van der Waals surface area contributed by atoms with Gasteiger partial charge in [0, 0.05) is 18.8 Å². The van der Waals surface area contributed by atoms with E-state index in [-0.39, 0.29) is 11.8 Å². The summed E-state index contributed by atoms with van der Waals surface area (Å²) in [7, 11) is 0. The summed E-state index contributed by atoms with van der Waals surface area (Å²) in [5, 5.41) is 4.82. The second-order valence-electron chi connectivity index (χ2n) is 4.31. The number of amides is 2. The van der Waals surface area contributed by atoms with Crippen molar-refractivity contribution in [3.8, 4) is 0 Å². The summed E-state index contributed by atoms with van der Waals surface area (Å²) < 4.78 is 18.2. The molecule has 0 bridgehead atoms. The van der Waals surface area contributed by atoms with Crippen molar-refractivity contribution in [2.45, 2.75) is 18.9 Å². The molecule has 1 aromatic carbocycles. The van der Waals surface area contributed by atoms with Gasteiger partial charge < -0.3 is 15.4 Å². The highest BCUT2D eigenvalue weighted by Crippen LogP contribution is 2.11. The van der Waals surface area contributed by atoms with Crippen molar-refractivity contribution in [1.29, 1.82) is 0 Å². The van der Waals surface area contributed by atoms with E-state index >= 15 is 0 Å². The minimum atomic E-state index is -0.816. The van der Waals surface area contributed by atoms with Gasteiger partial charge in [-0.15, -0.1) is 0 Å². The smallest absolute Gasteiger partial charge is 0.313 e. The number of ether oxygens (including phenoxy) is 1. The van der Waals surface area contributed by atoms with Crippen LogP contribution < -0.4 is 10.6 Å². The molecule has 19 heavy (non-hydrogen) atoms. The van der Waals surface area contributed by atoms with Crippen LogP contribution in [0.3, 0.4) is 0 Å². The third-order valence-corrected chi connectivity index (χ3v) is 2.80. The summed E-state index contributed by atoms with van der Waals surface area (Å²) in [6.07, 6.45) is 1.83. The molecule has 0 unspecified atom stereocenters. The molecule has 2 rings (SSSR count). The van der Waals surface area contributed by atoms with Crippen LogP contribution in [0.1, 0.15) is 12.8 Å². The highest BCUT2D eigenvalue weighted by atomic mass is 19.1. The third kappa shape index (κ3) is 4.03. The van der Waals surface area contributed by atoms with Gasteiger partial charge in [-0.2, -0.15) is 0 Å². The Morgan fingerprint density at radius 2 is 2.21 bits per heavy atom. The number of anilines is 1. The molecule has 0 saturated carbocycles. The Morgan fingerprint density at radius 1 is 1.37 bits per heavy atom. The first kappa shape index (κ1) is 13.5. The molecule has 0 aliphatic carbocycles. The van der Waals surface area contributed by atoms with Crippen molar-refractivity contribution < 1.29 is 18.7 Å². The molecular formula is C13H15FN2O3. The van der Waals surface area contributed by atoms with Crippen LogP contribution in [0.25, 0.3) is 0 Å². The predicted molar refractivity (Wildman–Crippen MR) is 67.0 cm³/mol. The van der Waals surface area contributed by atoms with E-state index in [0.29, 0.717) is 13.2 Å². The van der Waals surface area contributed by atoms with Gasteiger partial charge in [-0.1, -0.05) is 6.07 Å². The van der Waals surface area contributed by atoms with Crippen LogP contribution in [0.4, 0.5) is 10.1 Å². The fourth-order valence-corrected chi connectivity index (χ4v) is 1.85. The first-order valence-electron chi connectivity index (χ1n) is 6.11. The standard InChI is InChI=1S/C13H15FN2O3/c14-9-3-1-4-10(7-9)16-13(18)12(17)15-8-11-5-2-6-19-11/h1,3-4,7,11H,2,5-6,8H2,(H,15,17)(H,16,18)/t11-/m0/s1. The summed E-state index contributed by atoms with van der Waals surface area (Å²) in [5.41, 5.74) is 0.247. The van der Waals surface area contributed by atoms with Crippen molar-refractivity contribution in [1.82, 2.24) is 5.32 Å². The molecule has 0 spiro atoms. The van der Waals surface area contributed by atoms with Gasteiger partial charge in [-0.25, -0.2) is 4.39 Å². The number of carbonyl (C=O) groups is 2. The Labute approximate surface area is 110 Å². The van der Waals surface area contributed by atoms with Crippen molar-refractivity contribution in [3.05, 3.63) is 30.1 Å². The largest absolute Gasteiger partial charge is 0.376 e. The van der Waals surface area contributed by atoms with Crippen LogP contribution in [0.2, 0.25) is 0 Å². The van der Waals surface area contributed by atoms with E-state index in [2.05, 4.69) is 10.6 Å². The summed E-state index contributed by atoms with van der Waals surface area (Å²) in [6.45, 7) is 1.01. The Bertz CT molecular complexity index is 473. The van der Waals surface area contributed by atoms with E-state index in [1.165, 1.54) is 18.2 Å². The Kier molecular flexibility index (Phi) is 4.46. The Balaban J connectivity index is 1.80. The fraction of sp³-hybridized carbons (Fsp3) is 0.385. The zero-order valence-electron chi connectivity index (χ0n) is 10.3. The minimum Gasteiger partial charge on any atom is -0.376 e. The molecule has 0 radical (unpaired) electrons. The molecule has 6 heteroatoms. The monoisotopic (exact) mass is 266 g/mol. The van der Waals surface area contributed by atoms with Gasteiger partial charge in [-0.05, 0) is 31.0 Å². The molecule has 1 atom stereocenters. The van der Waals surface area contributed by atoms with E-state index in [1.54, 1.807) is 0 Å². The van der Waals surface area contributed by atoms with Crippen LogP contribution in [-0.2, 0) is 14.3 Å². The SMILES string of the molecule is O=C(NC[C@@H]1CCCO1)C(=O)Nc1cccc(F)c1. The topological polar surface area (TPSA) is 67.4 Å². The molecule has 1 aliphatic heterocycles. The highest BCUT2D eigenvalue weighted by molar-refractivity contribution is 6.39. The van der Waals surface area contributed by atoms with Crippen LogP contribution in [0, 0.1) is 5.82 Å². The van der Waals surface area contributed by atoms with Gasteiger partial charge in [0.05, 0.1) is 6.10 Å². The van der Waals surface area contributed by atoms with E-state index in [9.17, 15) is 14.0 Å². The maximum atomic E-state index is 12.9. The number of halogens is 1. The van der Waals surface area contributed by atoms with Crippen LogP contribution in [-0.4, -0.2) is 31.1 Å². The van der Waals surface area contributed by atoms with Crippen LogP contribution in [0.15, 0.2) is 24.3 Å². The lowest BCUT2D eigenvalue weighted by molar-refractivity contribution is -0.136. The van der Waals surface area contributed by atoms with E-state index < -0.39 is 17.6 Å². The average Bonchev–Trinajstić information content (AvgIpc) is 2.89. The van der Waals surface area contributed by atoms with Crippen molar-refractivity contribution in [2.24, 2.45) is 0 Å². The molecule has 2 N–H and O–H groups in total. The van der Waals surface area contributed by atoms with Gasteiger partial charge in [-0.3, -0.25) is 9.59 Å². The number of hydrogen-bond acceptors (Lipinski definition) is 3. The number of carbonyl (C=O) groups excluding carboxylic acids is 2. The number of nitrogens with one attached hydrogen (secondary N) is 2. The van der Waals surface area contributed by atoms with Crippen molar-refractivity contribution in [2.75, 3.05) is 18.5 Å². The zero-order valence-corrected chi connectivity index (χ0v) is 10.3. The molecule has 1 heterocycles. The second-order valence-corrected chi connectivity index (χ2v) is 4.31. The normalized spacial score (nSPS) is 18.1. The third-order valence-electron chi connectivity index (χ3n) is 2.80. The average molecular weight is 266 g/mol. The molecule has 1 saturated heterocycles. The van der Waals surface area contributed by atoms with Crippen LogP contribution in [0.5, 0.6) is 0 Å². The maximum absolute atomic E-state index is 12.9. The lowest BCUT2D eigenvalue weighted by Crippen LogP contribution is -2.39. The molecule has 1 aromatic rings. The van der Waals surface area contributed by atoms with Crippen molar-refractivity contribution >= 4 is 17.5 Å². The zero-order chi connectivity index (χ0) is 13.7. The lowest BCUT2D eigenvalue weighted by atomic mass is 10.2. The van der Waals surface area contributed by atoms with Gasteiger partial charge in [0.25, 0.3) is 0 Å². The minimum absolute atomic E-state index is 0.0223. The summed E-state index contributed by atoms with van der Waals surface area (Å²) in [4.78, 5) is 23.1. The van der Waals surface area contributed by atoms with E-state index in [4.69, 9.17) is 4.74 Å². The molecule has 1 fully saturated rings. The van der Waals surface area contributed by atoms with Gasteiger partial charge in [0.15, 0.2) is 0 Å². The van der Waals surface area contributed by atoms with Crippen LogP contribution >= 0.6 is 0 Å². The van der Waals surface area contributed by atoms with E-state index in [1.807, 2.05) is 0 Å². The van der Waals surface area contributed by atoms with E-state index in [0.717, 1.165) is 18.9 Å². The van der Waals surface area contributed by atoms with Crippen molar-refractivity contribution in [3.63, 3.8) is 0 Å². The Morgan fingerprint density at radius 3 is 2.89 bits per heavy atom. The molecule has 0 aromatic heterocycles. The quantitative estimate of drug-likeness (QED) is 0.804. The van der Waals surface area contributed by atoms with Gasteiger partial charge in [0.2, 0.25) is 0 Å². The molecule has 5 nitrogen and oxygen atoms in total. The predicted octanol–water partition coefficient (Wildman–Crippen LogP) is 1.06. The molecular weight excluding hydrogens is 251 g/mol. The molecule has 2 amide bonds. The molecule has 1 aliphatic rings. The first-order chi connectivity index (χ1) is 9.15. The first-order valence-corrected chi connectivity index (χ1v) is 6.11. The number of rotatable bonds is 3. The van der Waals surface area contributed by atoms with Gasteiger partial charge in [0.1, 0.15) is 5.82 Å². The number of benzene rings is 1. The van der Waals surface area contributed by atoms with Gasteiger partial charge >= 0.3 is 11.8 Å². The Hall–Kier alpha value is -1.95. The molecule has 102 valence electrons. The number of hydrogen-bond donors (Lipinski definition) is 2. The summed E-state index contributed by atoms with van der Waals surface area (Å²) in [6, 6.07) is 5.36.